The number of aliphatic hydroxyl groups is 1. The van der Waals surface area contributed by atoms with Gasteiger partial charge in [0.25, 0.3) is 5.91 Å². The third-order valence-electron chi connectivity index (χ3n) is 4.93. The lowest BCUT2D eigenvalue weighted by molar-refractivity contribution is -0.131. The Bertz CT molecular complexity index is 882. The van der Waals surface area contributed by atoms with Crippen molar-refractivity contribution in [3.63, 3.8) is 0 Å². The van der Waals surface area contributed by atoms with E-state index in [9.17, 15) is 19.8 Å². The monoisotopic (exact) mass is 385 g/mol. The molecule has 0 saturated carbocycles. The Kier molecular flexibility index (Phi) is 4.72. The first kappa shape index (κ1) is 17.8. The van der Waals surface area contributed by atoms with E-state index in [1.165, 1.54) is 28.4 Å². The number of carbonyl (C=O) groups is 2. The highest BCUT2D eigenvalue weighted by Crippen LogP contribution is 2.40. The molecule has 2 aliphatic rings. The van der Waals surface area contributed by atoms with Crippen LogP contribution >= 0.6 is 11.3 Å². The number of hydrogen-bond donors (Lipinski definition) is 2. The van der Waals surface area contributed by atoms with Crippen LogP contribution in [0.15, 0.2) is 53.1 Å². The van der Waals surface area contributed by atoms with Crippen molar-refractivity contribution >= 4 is 23.0 Å². The molecular weight excluding hydrogens is 366 g/mol. The Morgan fingerprint density at radius 2 is 2.00 bits per heavy atom. The van der Waals surface area contributed by atoms with Gasteiger partial charge in [-0.3, -0.25) is 9.59 Å². The van der Waals surface area contributed by atoms with Crippen LogP contribution in [-0.2, 0) is 9.53 Å². The zero-order chi connectivity index (χ0) is 19.0. The lowest BCUT2D eigenvalue weighted by Crippen LogP contribution is -2.37. The van der Waals surface area contributed by atoms with E-state index >= 15 is 0 Å². The van der Waals surface area contributed by atoms with Gasteiger partial charge >= 0.3 is 0 Å². The average Bonchev–Trinajstić information content (AvgIpc) is 3.41. The number of carbonyl (C=O) groups excluding carboxylic acids is 2. The molecule has 6 nitrogen and oxygen atoms in total. The highest BCUT2D eigenvalue weighted by molar-refractivity contribution is 7.12. The van der Waals surface area contributed by atoms with E-state index in [-0.39, 0.29) is 23.2 Å². The summed E-state index contributed by atoms with van der Waals surface area (Å²) in [5.74, 6) is -1.34. The van der Waals surface area contributed by atoms with Gasteiger partial charge in [-0.15, -0.1) is 11.3 Å². The largest absolute Gasteiger partial charge is 0.508 e. The fourth-order valence-corrected chi connectivity index (χ4v) is 4.30. The third-order valence-corrected chi connectivity index (χ3v) is 5.80. The molecule has 2 aliphatic heterocycles. The Balaban J connectivity index is 1.75. The molecule has 1 amide bonds. The highest BCUT2D eigenvalue weighted by Gasteiger charge is 2.45. The first-order valence-electron chi connectivity index (χ1n) is 8.79. The maximum atomic E-state index is 13.0. The van der Waals surface area contributed by atoms with Gasteiger partial charge in [0.1, 0.15) is 5.75 Å². The molecule has 1 saturated heterocycles. The van der Waals surface area contributed by atoms with Crippen molar-refractivity contribution in [1.82, 2.24) is 4.90 Å². The molecule has 0 aliphatic carbocycles. The SMILES string of the molecule is O=C(C1=C(O)C(=O)N(C[C@@H]2CCCO2)[C@@H]1c1ccc(O)cc1)c1cccs1. The highest BCUT2D eigenvalue weighted by atomic mass is 32.1. The van der Waals surface area contributed by atoms with E-state index < -0.39 is 17.7 Å². The van der Waals surface area contributed by atoms with Crippen molar-refractivity contribution in [1.29, 1.82) is 0 Å². The van der Waals surface area contributed by atoms with Gasteiger partial charge in [0.05, 0.1) is 22.6 Å². The number of ether oxygens (including phenoxy) is 1. The normalized spacial score (nSPS) is 22.7. The molecular formula is C20H19NO5S. The third kappa shape index (κ3) is 3.24. The lowest BCUT2D eigenvalue weighted by atomic mass is 9.95. The first-order chi connectivity index (χ1) is 13.1. The maximum Gasteiger partial charge on any atom is 0.290 e. The fourth-order valence-electron chi connectivity index (χ4n) is 3.63. The van der Waals surface area contributed by atoms with Crippen LogP contribution < -0.4 is 0 Å². The molecule has 3 heterocycles. The molecule has 4 rings (SSSR count). The molecule has 1 fully saturated rings. The number of aromatic hydroxyl groups is 1. The summed E-state index contributed by atoms with van der Waals surface area (Å²) in [6, 6.07) is 9.06. The van der Waals surface area contributed by atoms with Crippen molar-refractivity contribution in [3.05, 3.63) is 63.6 Å². The summed E-state index contributed by atoms with van der Waals surface area (Å²) in [5, 5.41) is 21.9. The second-order valence-electron chi connectivity index (χ2n) is 6.66. The zero-order valence-corrected chi connectivity index (χ0v) is 15.3. The van der Waals surface area contributed by atoms with Crippen LogP contribution in [0.2, 0.25) is 0 Å². The molecule has 2 aromatic rings. The number of nitrogens with zero attached hydrogens (tertiary/aromatic N) is 1. The number of amides is 1. The number of hydrogen-bond acceptors (Lipinski definition) is 6. The number of phenolic OH excluding ortho intramolecular Hbond substituents is 1. The summed E-state index contributed by atoms with van der Waals surface area (Å²) in [6.45, 7) is 0.951. The van der Waals surface area contributed by atoms with Crippen molar-refractivity contribution in [2.45, 2.75) is 25.0 Å². The molecule has 2 atom stereocenters. The van der Waals surface area contributed by atoms with Gasteiger partial charge in [0.15, 0.2) is 5.76 Å². The fraction of sp³-hybridized carbons (Fsp3) is 0.300. The van der Waals surface area contributed by atoms with Gasteiger partial charge in [0.2, 0.25) is 5.78 Å². The molecule has 140 valence electrons. The number of benzene rings is 1. The predicted molar refractivity (Wildman–Crippen MR) is 99.8 cm³/mol. The second-order valence-corrected chi connectivity index (χ2v) is 7.60. The zero-order valence-electron chi connectivity index (χ0n) is 14.5. The van der Waals surface area contributed by atoms with Crippen molar-refractivity contribution in [2.75, 3.05) is 13.2 Å². The van der Waals surface area contributed by atoms with Crippen molar-refractivity contribution in [2.24, 2.45) is 0 Å². The van der Waals surface area contributed by atoms with Crippen molar-refractivity contribution < 1.29 is 24.5 Å². The molecule has 0 spiro atoms. The smallest absolute Gasteiger partial charge is 0.290 e. The van der Waals surface area contributed by atoms with Crippen LogP contribution in [0.1, 0.15) is 34.1 Å². The first-order valence-corrected chi connectivity index (χ1v) is 9.67. The van der Waals surface area contributed by atoms with E-state index in [1.807, 2.05) is 0 Å². The minimum atomic E-state index is -0.711. The van der Waals surface area contributed by atoms with E-state index in [2.05, 4.69) is 0 Å². The molecule has 0 unspecified atom stereocenters. The summed E-state index contributed by atoms with van der Waals surface area (Å²) in [6.07, 6.45) is 1.65. The summed E-state index contributed by atoms with van der Waals surface area (Å²) < 4.78 is 5.65. The number of phenols is 1. The summed E-state index contributed by atoms with van der Waals surface area (Å²) >= 11 is 1.27. The van der Waals surface area contributed by atoms with Crippen LogP contribution in [0, 0.1) is 0 Å². The summed E-state index contributed by atoms with van der Waals surface area (Å²) in [5.41, 5.74) is 0.731. The van der Waals surface area contributed by atoms with E-state index in [4.69, 9.17) is 4.74 Å². The van der Waals surface area contributed by atoms with Crippen LogP contribution in [0.4, 0.5) is 0 Å². The number of thiophene rings is 1. The quantitative estimate of drug-likeness (QED) is 0.772. The Hall–Kier alpha value is -2.64. The Morgan fingerprint density at radius 1 is 1.22 bits per heavy atom. The Morgan fingerprint density at radius 3 is 2.63 bits per heavy atom. The van der Waals surface area contributed by atoms with E-state index in [1.54, 1.807) is 29.6 Å². The molecule has 7 heteroatoms. The molecule has 2 N–H and O–H groups in total. The van der Waals surface area contributed by atoms with Crippen molar-refractivity contribution in [3.8, 4) is 5.75 Å². The lowest BCUT2D eigenvalue weighted by Gasteiger charge is -2.28. The number of aliphatic hydroxyl groups excluding tert-OH is 1. The van der Waals surface area contributed by atoms with Crippen LogP contribution in [0.25, 0.3) is 0 Å². The van der Waals surface area contributed by atoms with Gasteiger partial charge in [-0.2, -0.15) is 0 Å². The minimum absolute atomic E-state index is 0.0751. The Labute approximate surface area is 160 Å². The van der Waals surface area contributed by atoms with E-state index in [0.29, 0.717) is 23.6 Å². The van der Waals surface area contributed by atoms with Crippen LogP contribution in [0.5, 0.6) is 5.75 Å². The standard InChI is InChI=1S/C20H19NO5S/c22-13-7-5-12(6-8-13)17-16(18(23)15-4-2-10-27-15)19(24)20(25)21(17)11-14-3-1-9-26-14/h2,4-8,10,14,17,22,24H,1,3,9,11H2/t14-,17+/m0/s1. The molecule has 1 aromatic heterocycles. The van der Waals surface area contributed by atoms with Gasteiger partial charge < -0.3 is 19.8 Å². The molecule has 0 radical (unpaired) electrons. The van der Waals surface area contributed by atoms with Crippen LogP contribution in [0.3, 0.4) is 0 Å². The topological polar surface area (TPSA) is 87.1 Å². The predicted octanol–water partition coefficient (Wildman–Crippen LogP) is 3.21. The van der Waals surface area contributed by atoms with Gasteiger partial charge in [0, 0.05) is 13.2 Å². The minimum Gasteiger partial charge on any atom is -0.508 e. The summed E-state index contributed by atoms with van der Waals surface area (Å²) in [4.78, 5) is 27.8. The molecule has 1 aromatic carbocycles. The van der Waals surface area contributed by atoms with Gasteiger partial charge in [-0.1, -0.05) is 18.2 Å². The van der Waals surface area contributed by atoms with E-state index in [0.717, 1.165) is 12.8 Å². The van der Waals surface area contributed by atoms with Gasteiger partial charge in [-0.05, 0) is 42.0 Å². The number of rotatable bonds is 5. The molecule has 27 heavy (non-hydrogen) atoms. The number of ketones is 1. The second kappa shape index (κ2) is 7.17. The summed E-state index contributed by atoms with van der Waals surface area (Å²) in [7, 11) is 0. The van der Waals surface area contributed by atoms with Gasteiger partial charge in [-0.25, -0.2) is 0 Å². The maximum absolute atomic E-state index is 13.0. The van der Waals surface area contributed by atoms with Crippen LogP contribution in [-0.4, -0.2) is 46.1 Å². The molecule has 0 bridgehead atoms. The number of Topliss-reactive ketones (excluding diaryl/α,β-unsaturated/α-hetero) is 1. The average molecular weight is 385 g/mol.